The zero-order valence-corrected chi connectivity index (χ0v) is 8.71. The lowest BCUT2D eigenvalue weighted by Gasteiger charge is -2.13. The Morgan fingerprint density at radius 1 is 1.42 bits per heavy atom. The van der Waals surface area contributed by atoms with Crippen molar-refractivity contribution in [1.82, 2.24) is 9.78 Å². The Morgan fingerprint density at radius 2 is 2.08 bits per heavy atom. The molecule has 0 aromatic carbocycles. The van der Waals surface area contributed by atoms with E-state index >= 15 is 0 Å². The summed E-state index contributed by atoms with van der Waals surface area (Å²) >= 11 is 3.50. The van der Waals surface area contributed by atoms with E-state index in [0.717, 1.165) is 23.4 Å². The maximum atomic E-state index is 4.39. The molecule has 2 rings (SSSR count). The topological polar surface area (TPSA) is 21.1 Å². The normalized spacial score (nSPS) is 17.3. The largest absolute Gasteiger partial charge is 0.354 e. The molecular formula is C8H12BrN3. The first-order chi connectivity index (χ1) is 5.77. The molecule has 0 aliphatic carbocycles. The van der Waals surface area contributed by atoms with Crippen LogP contribution in [0.4, 0.5) is 5.82 Å². The minimum absolute atomic E-state index is 1.09. The van der Waals surface area contributed by atoms with E-state index in [1.54, 1.807) is 0 Å². The number of aryl methyl sites for hydroxylation is 1. The first-order valence-electron chi connectivity index (χ1n) is 4.21. The molecule has 12 heavy (non-hydrogen) atoms. The zero-order valence-electron chi connectivity index (χ0n) is 7.13. The van der Waals surface area contributed by atoms with E-state index in [2.05, 4.69) is 25.9 Å². The van der Waals surface area contributed by atoms with E-state index in [1.165, 1.54) is 12.8 Å². The summed E-state index contributed by atoms with van der Waals surface area (Å²) in [6, 6.07) is 0. The van der Waals surface area contributed by atoms with Gasteiger partial charge in [0.05, 0.1) is 4.47 Å². The predicted octanol–water partition coefficient (Wildman–Crippen LogP) is 1.78. The van der Waals surface area contributed by atoms with E-state index in [1.807, 2.05) is 17.9 Å². The molecule has 1 aliphatic rings. The van der Waals surface area contributed by atoms with Crippen molar-refractivity contribution in [3.63, 3.8) is 0 Å². The summed E-state index contributed by atoms with van der Waals surface area (Å²) in [5.41, 5.74) is 0. The fourth-order valence-corrected chi connectivity index (χ4v) is 2.22. The fourth-order valence-electron chi connectivity index (χ4n) is 1.59. The van der Waals surface area contributed by atoms with Gasteiger partial charge in [0.2, 0.25) is 0 Å². The van der Waals surface area contributed by atoms with Gasteiger partial charge in [-0.2, -0.15) is 5.10 Å². The second-order valence-electron chi connectivity index (χ2n) is 3.17. The van der Waals surface area contributed by atoms with Crippen LogP contribution in [0.2, 0.25) is 0 Å². The Labute approximate surface area is 80.5 Å². The van der Waals surface area contributed by atoms with Gasteiger partial charge in [-0.1, -0.05) is 0 Å². The SMILES string of the molecule is Cn1cc(Br)c(N2CCCC2)n1. The number of halogens is 1. The van der Waals surface area contributed by atoms with Gasteiger partial charge in [-0.25, -0.2) is 0 Å². The zero-order chi connectivity index (χ0) is 8.55. The quantitative estimate of drug-likeness (QED) is 0.733. The monoisotopic (exact) mass is 229 g/mol. The molecule has 1 aliphatic heterocycles. The van der Waals surface area contributed by atoms with E-state index in [0.29, 0.717) is 0 Å². The molecule has 0 radical (unpaired) electrons. The van der Waals surface area contributed by atoms with E-state index in [9.17, 15) is 0 Å². The fraction of sp³-hybridized carbons (Fsp3) is 0.625. The van der Waals surface area contributed by atoms with Crippen molar-refractivity contribution in [2.24, 2.45) is 7.05 Å². The summed E-state index contributed by atoms with van der Waals surface area (Å²) in [7, 11) is 1.95. The van der Waals surface area contributed by atoms with Crippen LogP contribution in [0.15, 0.2) is 10.7 Å². The lowest BCUT2D eigenvalue weighted by Crippen LogP contribution is -2.18. The Morgan fingerprint density at radius 3 is 2.58 bits per heavy atom. The summed E-state index contributed by atoms with van der Waals surface area (Å²) in [4.78, 5) is 2.32. The molecule has 0 unspecified atom stereocenters. The first-order valence-corrected chi connectivity index (χ1v) is 5.01. The number of aromatic nitrogens is 2. The second-order valence-corrected chi connectivity index (χ2v) is 4.02. The standard InChI is InChI=1S/C8H12BrN3/c1-11-6-7(9)8(10-11)12-4-2-3-5-12/h6H,2-5H2,1H3. The minimum atomic E-state index is 1.09. The van der Waals surface area contributed by atoms with Crippen LogP contribution in [-0.4, -0.2) is 22.9 Å². The predicted molar refractivity (Wildman–Crippen MR) is 52.4 cm³/mol. The number of rotatable bonds is 1. The molecule has 3 nitrogen and oxygen atoms in total. The average Bonchev–Trinajstić information content (AvgIpc) is 2.58. The van der Waals surface area contributed by atoms with E-state index in [4.69, 9.17) is 0 Å². The highest BCUT2D eigenvalue weighted by atomic mass is 79.9. The van der Waals surface area contributed by atoms with Crippen molar-refractivity contribution >= 4 is 21.7 Å². The van der Waals surface area contributed by atoms with Crippen LogP contribution in [0.3, 0.4) is 0 Å². The molecule has 1 fully saturated rings. The van der Waals surface area contributed by atoms with Gasteiger partial charge in [-0.15, -0.1) is 0 Å². The van der Waals surface area contributed by atoms with Crippen LogP contribution in [0.5, 0.6) is 0 Å². The maximum Gasteiger partial charge on any atom is 0.164 e. The molecule has 1 aromatic rings. The number of nitrogens with zero attached hydrogens (tertiary/aromatic N) is 3. The lowest BCUT2D eigenvalue weighted by molar-refractivity contribution is 0.755. The highest BCUT2D eigenvalue weighted by Gasteiger charge is 2.17. The maximum absolute atomic E-state index is 4.39. The molecular weight excluding hydrogens is 218 g/mol. The number of hydrogen-bond acceptors (Lipinski definition) is 2. The van der Waals surface area contributed by atoms with Crippen LogP contribution in [0.1, 0.15) is 12.8 Å². The molecule has 0 atom stereocenters. The van der Waals surface area contributed by atoms with Crippen molar-refractivity contribution in [2.45, 2.75) is 12.8 Å². The summed E-state index contributed by atoms with van der Waals surface area (Å²) in [6.07, 6.45) is 4.58. The molecule has 0 spiro atoms. The van der Waals surface area contributed by atoms with Gasteiger partial charge in [0, 0.05) is 26.3 Å². The molecule has 0 N–H and O–H groups in total. The molecule has 0 amide bonds. The Bertz CT molecular complexity index is 276. The third kappa shape index (κ3) is 1.35. The highest BCUT2D eigenvalue weighted by molar-refractivity contribution is 9.10. The summed E-state index contributed by atoms with van der Waals surface area (Å²) < 4.78 is 2.95. The van der Waals surface area contributed by atoms with Crippen LogP contribution in [-0.2, 0) is 7.05 Å². The molecule has 4 heteroatoms. The third-order valence-electron chi connectivity index (χ3n) is 2.17. The van der Waals surface area contributed by atoms with Crippen molar-refractivity contribution in [3.05, 3.63) is 10.7 Å². The molecule has 1 saturated heterocycles. The number of hydrogen-bond donors (Lipinski definition) is 0. The van der Waals surface area contributed by atoms with Gasteiger partial charge in [0.1, 0.15) is 0 Å². The smallest absolute Gasteiger partial charge is 0.164 e. The molecule has 0 bridgehead atoms. The Kier molecular flexibility index (Phi) is 2.09. The highest BCUT2D eigenvalue weighted by Crippen LogP contribution is 2.26. The summed E-state index contributed by atoms with van der Waals surface area (Å²) in [5, 5.41) is 4.39. The molecule has 66 valence electrons. The second kappa shape index (κ2) is 3.09. The summed E-state index contributed by atoms with van der Waals surface area (Å²) in [6.45, 7) is 2.30. The van der Waals surface area contributed by atoms with Crippen molar-refractivity contribution in [1.29, 1.82) is 0 Å². The van der Waals surface area contributed by atoms with Gasteiger partial charge in [-0.3, -0.25) is 4.68 Å². The Hall–Kier alpha value is -0.510. The van der Waals surface area contributed by atoms with Gasteiger partial charge >= 0.3 is 0 Å². The number of anilines is 1. The van der Waals surface area contributed by atoms with E-state index < -0.39 is 0 Å². The van der Waals surface area contributed by atoms with Crippen LogP contribution in [0, 0.1) is 0 Å². The molecule has 0 saturated carbocycles. The van der Waals surface area contributed by atoms with Crippen molar-refractivity contribution in [3.8, 4) is 0 Å². The summed E-state index contributed by atoms with van der Waals surface area (Å²) in [5.74, 6) is 1.09. The van der Waals surface area contributed by atoms with Gasteiger partial charge in [0.15, 0.2) is 5.82 Å². The van der Waals surface area contributed by atoms with E-state index in [-0.39, 0.29) is 0 Å². The Balaban J connectivity index is 2.25. The van der Waals surface area contributed by atoms with Crippen LogP contribution >= 0.6 is 15.9 Å². The van der Waals surface area contributed by atoms with Gasteiger partial charge in [-0.05, 0) is 28.8 Å². The lowest BCUT2D eigenvalue weighted by atomic mass is 10.4. The third-order valence-corrected chi connectivity index (χ3v) is 2.73. The van der Waals surface area contributed by atoms with Crippen LogP contribution < -0.4 is 4.90 Å². The first kappa shape index (κ1) is 8.10. The molecule has 2 heterocycles. The minimum Gasteiger partial charge on any atom is -0.354 e. The van der Waals surface area contributed by atoms with Gasteiger partial charge < -0.3 is 4.90 Å². The van der Waals surface area contributed by atoms with Crippen molar-refractivity contribution in [2.75, 3.05) is 18.0 Å². The molecule has 1 aromatic heterocycles. The van der Waals surface area contributed by atoms with Gasteiger partial charge in [0.25, 0.3) is 0 Å². The van der Waals surface area contributed by atoms with Crippen LogP contribution in [0.25, 0.3) is 0 Å². The average molecular weight is 230 g/mol. The van der Waals surface area contributed by atoms with Crippen molar-refractivity contribution < 1.29 is 0 Å².